The van der Waals surface area contributed by atoms with Crippen LogP contribution < -0.4 is 11.1 Å². The SMILES string of the molecule is CN(CCNc1ccnc(C(N)=O)c1)C1CCCC1. The fourth-order valence-corrected chi connectivity index (χ4v) is 2.58. The summed E-state index contributed by atoms with van der Waals surface area (Å²) in [4.78, 5) is 17.4. The number of rotatable bonds is 6. The van der Waals surface area contributed by atoms with E-state index in [9.17, 15) is 4.79 Å². The van der Waals surface area contributed by atoms with Crippen molar-refractivity contribution < 1.29 is 4.79 Å². The van der Waals surface area contributed by atoms with Crippen LogP contribution >= 0.6 is 0 Å². The molecule has 1 heterocycles. The Labute approximate surface area is 114 Å². The number of anilines is 1. The van der Waals surface area contributed by atoms with Crippen molar-refractivity contribution >= 4 is 11.6 Å². The van der Waals surface area contributed by atoms with Crippen LogP contribution in [0.2, 0.25) is 0 Å². The molecule has 1 aromatic heterocycles. The highest BCUT2D eigenvalue weighted by Gasteiger charge is 2.18. The third kappa shape index (κ3) is 3.92. The van der Waals surface area contributed by atoms with Crippen LogP contribution in [0, 0.1) is 0 Å². The topological polar surface area (TPSA) is 71.2 Å². The normalized spacial score (nSPS) is 15.9. The van der Waals surface area contributed by atoms with E-state index in [0.717, 1.165) is 24.8 Å². The molecule has 0 spiro atoms. The molecule has 0 unspecified atom stereocenters. The van der Waals surface area contributed by atoms with Crippen molar-refractivity contribution in [2.75, 3.05) is 25.5 Å². The van der Waals surface area contributed by atoms with Gasteiger partial charge in [0, 0.05) is 31.0 Å². The number of nitrogens with one attached hydrogen (secondary N) is 1. The summed E-state index contributed by atoms with van der Waals surface area (Å²) in [5.41, 5.74) is 6.40. The van der Waals surface area contributed by atoms with Crippen LogP contribution in [-0.2, 0) is 0 Å². The summed E-state index contributed by atoms with van der Waals surface area (Å²) in [6, 6.07) is 4.28. The molecule has 1 fully saturated rings. The molecule has 1 saturated carbocycles. The van der Waals surface area contributed by atoms with Gasteiger partial charge in [-0.1, -0.05) is 12.8 Å². The Morgan fingerprint density at radius 2 is 2.26 bits per heavy atom. The summed E-state index contributed by atoms with van der Waals surface area (Å²) < 4.78 is 0. The maximum atomic E-state index is 11.0. The summed E-state index contributed by atoms with van der Waals surface area (Å²) in [5, 5.41) is 3.30. The van der Waals surface area contributed by atoms with E-state index >= 15 is 0 Å². The first-order chi connectivity index (χ1) is 9.16. The van der Waals surface area contributed by atoms with Gasteiger partial charge in [-0.3, -0.25) is 9.78 Å². The fraction of sp³-hybridized carbons (Fsp3) is 0.571. The predicted molar refractivity (Wildman–Crippen MR) is 76.1 cm³/mol. The molecule has 1 aliphatic carbocycles. The van der Waals surface area contributed by atoms with Gasteiger partial charge in [0.25, 0.3) is 5.91 Å². The van der Waals surface area contributed by atoms with Crippen molar-refractivity contribution in [3.05, 3.63) is 24.0 Å². The number of hydrogen-bond donors (Lipinski definition) is 2. The minimum absolute atomic E-state index is 0.300. The molecular weight excluding hydrogens is 240 g/mol. The number of carbonyl (C=O) groups excluding carboxylic acids is 1. The van der Waals surface area contributed by atoms with Gasteiger partial charge in [0.15, 0.2) is 0 Å². The molecule has 0 radical (unpaired) electrons. The lowest BCUT2D eigenvalue weighted by Gasteiger charge is -2.24. The predicted octanol–water partition coefficient (Wildman–Crippen LogP) is 1.47. The molecule has 2 rings (SSSR count). The van der Waals surface area contributed by atoms with Gasteiger partial charge < -0.3 is 16.0 Å². The van der Waals surface area contributed by atoms with Crippen molar-refractivity contribution in [1.29, 1.82) is 0 Å². The Morgan fingerprint density at radius 1 is 1.53 bits per heavy atom. The number of amides is 1. The summed E-state index contributed by atoms with van der Waals surface area (Å²) >= 11 is 0. The van der Waals surface area contributed by atoms with E-state index in [0.29, 0.717) is 5.69 Å². The average molecular weight is 262 g/mol. The van der Waals surface area contributed by atoms with Crippen molar-refractivity contribution in [3.8, 4) is 0 Å². The number of carbonyl (C=O) groups is 1. The minimum Gasteiger partial charge on any atom is -0.384 e. The Bertz CT molecular complexity index is 429. The minimum atomic E-state index is -0.494. The molecule has 104 valence electrons. The van der Waals surface area contributed by atoms with Crippen molar-refractivity contribution in [2.24, 2.45) is 5.73 Å². The smallest absolute Gasteiger partial charge is 0.267 e. The van der Waals surface area contributed by atoms with Gasteiger partial charge in [-0.05, 0) is 32.0 Å². The lowest BCUT2D eigenvalue weighted by Crippen LogP contribution is -2.33. The molecule has 0 saturated heterocycles. The average Bonchev–Trinajstić information content (AvgIpc) is 2.93. The molecule has 19 heavy (non-hydrogen) atoms. The van der Waals surface area contributed by atoms with Crippen molar-refractivity contribution in [2.45, 2.75) is 31.7 Å². The number of likely N-dealkylation sites (N-methyl/N-ethyl adjacent to an activating group) is 1. The quantitative estimate of drug-likeness (QED) is 0.814. The molecule has 0 aromatic carbocycles. The second kappa shape index (κ2) is 6.52. The summed E-state index contributed by atoms with van der Waals surface area (Å²) in [6.45, 7) is 1.86. The van der Waals surface area contributed by atoms with E-state index < -0.39 is 5.91 Å². The highest BCUT2D eigenvalue weighted by atomic mass is 16.1. The number of pyridine rings is 1. The molecule has 3 N–H and O–H groups in total. The number of aromatic nitrogens is 1. The maximum absolute atomic E-state index is 11.0. The Kier molecular flexibility index (Phi) is 4.74. The Balaban J connectivity index is 1.78. The Hall–Kier alpha value is -1.62. The van der Waals surface area contributed by atoms with Crippen LogP contribution in [0.4, 0.5) is 5.69 Å². The Morgan fingerprint density at radius 3 is 2.95 bits per heavy atom. The molecule has 5 nitrogen and oxygen atoms in total. The van der Waals surface area contributed by atoms with Gasteiger partial charge in [0.05, 0.1) is 0 Å². The van der Waals surface area contributed by atoms with Gasteiger partial charge >= 0.3 is 0 Å². The lowest BCUT2D eigenvalue weighted by atomic mass is 10.2. The van der Waals surface area contributed by atoms with Crippen LogP contribution in [0.25, 0.3) is 0 Å². The van der Waals surface area contributed by atoms with Crippen LogP contribution in [0.1, 0.15) is 36.2 Å². The second-order valence-corrected chi connectivity index (χ2v) is 5.14. The van der Waals surface area contributed by atoms with Crippen LogP contribution in [0.15, 0.2) is 18.3 Å². The van der Waals surface area contributed by atoms with E-state index in [4.69, 9.17) is 5.73 Å². The number of nitrogens with two attached hydrogens (primary N) is 1. The molecule has 1 amide bonds. The van der Waals surface area contributed by atoms with Gasteiger partial charge in [-0.2, -0.15) is 0 Å². The number of primary amides is 1. The zero-order chi connectivity index (χ0) is 13.7. The monoisotopic (exact) mass is 262 g/mol. The van der Waals surface area contributed by atoms with Gasteiger partial charge in [0.1, 0.15) is 5.69 Å². The lowest BCUT2D eigenvalue weighted by molar-refractivity contribution is 0.0995. The highest BCUT2D eigenvalue weighted by molar-refractivity contribution is 5.91. The van der Waals surface area contributed by atoms with Gasteiger partial charge in [-0.15, -0.1) is 0 Å². The first kappa shape index (κ1) is 13.8. The first-order valence-corrected chi connectivity index (χ1v) is 6.87. The molecular formula is C14H22N4O. The highest BCUT2D eigenvalue weighted by Crippen LogP contribution is 2.21. The zero-order valence-corrected chi connectivity index (χ0v) is 11.4. The largest absolute Gasteiger partial charge is 0.384 e. The maximum Gasteiger partial charge on any atom is 0.267 e. The second-order valence-electron chi connectivity index (χ2n) is 5.14. The van der Waals surface area contributed by atoms with Crippen LogP contribution in [0.3, 0.4) is 0 Å². The van der Waals surface area contributed by atoms with Crippen molar-refractivity contribution in [3.63, 3.8) is 0 Å². The van der Waals surface area contributed by atoms with E-state index in [1.807, 2.05) is 6.07 Å². The van der Waals surface area contributed by atoms with Crippen molar-refractivity contribution in [1.82, 2.24) is 9.88 Å². The third-order valence-electron chi connectivity index (χ3n) is 3.75. The molecule has 5 heteroatoms. The van der Waals surface area contributed by atoms with Crippen LogP contribution in [-0.4, -0.2) is 42.0 Å². The molecule has 0 atom stereocenters. The molecule has 0 bridgehead atoms. The van der Waals surface area contributed by atoms with E-state index in [-0.39, 0.29) is 0 Å². The standard InChI is InChI=1S/C14H22N4O/c1-18(12-4-2-3-5-12)9-8-16-11-6-7-17-13(10-11)14(15)19/h6-7,10,12H,2-5,8-9H2,1H3,(H2,15,19)(H,16,17). The van der Waals surface area contributed by atoms with Gasteiger partial charge in [0.2, 0.25) is 0 Å². The van der Waals surface area contributed by atoms with E-state index in [1.165, 1.54) is 25.7 Å². The fourth-order valence-electron chi connectivity index (χ4n) is 2.58. The number of hydrogen-bond acceptors (Lipinski definition) is 4. The molecule has 1 aromatic rings. The van der Waals surface area contributed by atoms with Crippen LogP contribution in [0.5, 0.6) is 0 Å². The summed E-state index contributed by atoms with van der Waals surface area (Å²) in [7, 11) is 2.18. The van der Waals surface area contributed by atoms with Gasteiger partial charge in [-0.25, -0.2) is 0 Å². The molecule has 0 aliphatic heterocycles. The van der Waals surface area contributed by atoms with E-state index in [1.54, 1.807) is 12.3 Å². The number of nitrogens with zero attached hydrogens (tertiary/aromatic N) is 2. The first-order valence-electron chi connectivity index (χ1n) is 6.87. The zero-order valence-electron chi connectivity index (χ0n) is 11.4. The molecule has 1 aliphatic rings. The summed E-state index contributed by atoms with van der Waals surface area (Å²) in [6.07, 6.45) is 6.95. The summed E-state index contributed by atoms with van der Waals surface area (Å²) in [5.74, 6) is -0.494. The van der Waals surface area contributed by atoms with E-state index in [2.05, 4.69) is 22.2 Å². The third-order valence-corrected chi connectivity index (χ3v) is 3.75.